The van der Waals surface area contributed by atoms with Crippen molar-refractivity contribution in [1.82, 2.24) is 14.9 Å². The second kappa shape index (κ2) is 8.60. The zero-order valence-electron chi connectivity index (χ0n) is 18.9. The molecule has 2 aliphatic rings. The van der Waals surface area contributed by atoms with E-state index in [0.29, 0.717) is 40.1 Å². The summed E-state index contributed by atoms with van der Waals surface area (Å²) in [5.41, 5.74) is 1.98. The second-order valence-corrected chi connectivity index (χ2v) is 9.38. The van der Waals surface area contributed by atoms with Crippen molar-refractivity contribution in [1.29, 1.82) is 0 Å². The third-order valence-corrected chi connectivity index (χ3v) is 6.81. The molecule has 0 unspecified atom stereocenters. The van der Waals surface area contributed by atoms with E-state index in [-0.39, 0.29) is 11.6 Å². The van der Waals surface area contributed by atoms with Gasteiger partial charge in [0, 0.05) is 17.5 Å². The average Bonchev–Trinajstić information content (AvgIpc) is 3.33. The number of ether oxygens (including phenoxy) is 2. The third kappa shape index (κ3) is 4.12. The van der Waals surface area contributed by atoms with Crippen LogP contribution in [0.3, 0.4) is 0 Å². The standard InChI is InChI=1S/C25H25ClFN3O4/c1-14-22(24(31)32)29-21(28-14)13-30-10-8-15(9-11-30)17-4-3-5-20-23(17)34-25(2,33-20)18-7-6-16(26)12-19(18)27/h3-7,12,15H,8-11,13H2,1-2H3,(H,28,29)(H,31,32)/t25-/m0/s1. The fourth-order valence-corrected chi connectivity index (χ4v) is 5.01. The first-order valence-corrected chi connectivity index (χ1v) is 11.6. The van der Waals surface area contributed by atoms with Crippen LogP contribution in [0, 0.1) is 12.7 Å². The van der Waals surface area contributed by atoms with Crippen LogP contribution in [-0.2, 0) is 12.3 Å². The molecule has 0 amide bonds. The predicted octanol–water partition coefficient (Wildman–Crippen LogP) is 5.23. The van der Waals surface area contributed by atoms with E-state index >= 15 is 0 Å². The van der Waals surface area contributed by atoms with Crippen LogP contribution in [0.5, 0.6) is 11.5 Å². The van der Waals surface area contributed by atoms with E-state index in [1.165, 1.54) is 6.07 Å². The highest BCUT2D eigenvalue weighted by atomic mass is 35.5. The first-order chi connectivity index (χ1) is 16.2. The number of H-pyrrole nitrogens is 1. The largest absolute Gasteiger partial charge is 0.477 e. The van der Waals surface area contributed by atoms with E-state index in [1.807, 2.05) is 18.2 Å². The number of carboxylic acid groups (broad SMARTS) is 1. The maximum atomic E-state index is 14.6. The van der Waals surface area contributed by atoms with Crippen LogP contribution in [0.1, 0.15) is 58.8 Å². The molecule has 1 atom stereocenters. The van der Waals surface area contributed by atoms with Gasteiger partial charge in [-0.1, -0.05) is 23.7 Å². The molecule has 34 heavy (non-hydrogen) atoms. The molecule has 1 aromatic heterocycles. The summed E-state index contributed by atoms with van der Waals surface area (Å²) >= 11 is 5.91. The number of imidazole rings is 1. The first-order valence-electron chi connectivity index (χ1n) is 11.2. The van der Waals surface area contributed by atoms with E-state index in [9.17, 15) is 14.3 Å². The summed E-state index contributed by atoms with van der Waals surface area (Å²) in [7, 11) is 0. The Hall–Kier alpha value is -3.10. The summed E-state index contributed by atoms with van der Waals surface area (Å²) in [6, 6.07) is 10.3. The van der Waals surface area contributed by atoms with Gasteiger partial charge in [0.15, 0.2) is 11.5 Å². The Morgan fingerprint density at radius 1 is 1.29 bits per heavy atom. The van der Waals surface area contributed by atoms with E-state index in [1.54, 1.807) is 26.0 Å². The molecule has 5 rings (SSSR count). The molecule has 2 N–H and O–H groups in total. The van der Waals surface area contributed by atoms with Crippen LogP contribution in [0.2, 0.25) is 5.02 Å². The van der Waals surface area contributed by atoms with Crippen molar-refractivity contribution in [2.75, 3.05) is 13.1 Å². The number of nitrogens with zero attached hydrogens (tertiary/aromatic N) is 2. The monoisotopic (exact) mass is 485 g/mol. The number of aromatic amines is 1. The first kappa shape index (κ1) is 22.7. The Balaban J connectivity index is 1.29. The lowest BCUT2D eigenvalue weighted by Gasteiger charge is -2.32. The van der Waals surface area contributed by atoms with Crippen molar-refractivity contribution < 1.29 is 23.8 Å². The maximum absolute atomic E-state index is 14.6. The Bertz CT molecular complexity index is 1250. The number of hydrogen-bond donors (Lipinski definition) is 2. The number of aromatic nitrogens is 2. The number of aromatic carboxylic acids is 1. The number of aryl methyl sites for hydroxylation is 1. The number of benzene rings is 2. The van der Waals surface area contributed by atoms with E-state index in [2.05, 4.69) is 14.9 Å². The van der Waals surface area contributed by atoms with Crippen molar-refractivity contribution in [2.24, 2.45) is 0 Å². The molecule has 178 valence electrons. The smallest absolute Gasteiger partial charge is 0.354 e. The van der Waals surface area contributed by atoms with Gasteiger partial charge in [-0.05, 0) is 63.0 Å². The molecule has 1 saturated heterocycles. The van der Waals surface area contributed by atoms with Crippen molar-refractivity contribution in [3.63, 3.8) is 0 Å². The molecule has 7 nitrogen and oxygen atoms in total. The molecule has 2 aromatic carbocycles. The number of carboxylic acids is 1. The normalized spacial score (nSPS) is 20.6. The van der Waals surface area contributed by atoms with Gasteiger partial charge in [-0.2, -0.15) is 0 Å². The highest BCUT2D eigenvalue weighted by Crippen LogP contribution is 2.49. The van der Waals surface area contributed by atoms with E-state index in [4.69, 9.17) is 21.1 Å². The maximum Gasteiger partial charge on any atom is 0.354 e. The fourth-order valence-electron chi connectivity index (χ4n) is 4.86. The molecular weight excluding hydrogens is 461 g/mol. The number of halogens is 2. The minimum Gasteiger partial charge on any atom is -0.477 e. The van der Waals surface area contributed by atoms with Crippen LogP contribution in [0.25, 0.3) is 0 Å². The number of piperidine rings is 1. The molecule has 3 aromatic rings. The number of rotatable bonds is 5. The lowest BCUT2D eigenvalue weighted by atomic mass is 9.88. The summed E-state index contributed by atoms with van der Waals surface area (Å²) in [5.74, 6) is -0.564. The van der Waals surface area contributed by atoms with Crippen LogP contribution < -0.4 is 9.47 Å². The lowest BCUT2D eigenvalue weighted by Crippen LogP contribution is -2.34. The van der Waals surface area contributed by atoms with Gasteiger partial charge in [0.2, 0.25) is 0 Å². The molecule has 2 aliphatic heterocycles. The quantitative estimate of drug-likeness (QED) is 0.514. The molecule has 0 bridgehead atoms. The van der Waals surface area contributed by atoms with Gasteiger partial charge >= 0.3 is 5.97 Å². The molecule has 3 heterocycles. The van der Waals surface area contributed by atoms with E-state index in [0.717, 1.165) is 31.5 Å². The number of carbonyl (C=O) groups is 1. The number of likely N-dealkylation sites (tertiary alicyclic amines) is 1. The molecule has 0 spiro atoms. The SMILES string of the molecule is Cc1nc(CN2CCC(c3cccc4c3O[C@@](C)(c3ccc(Cl)cc3F)O4)CC2)[nH]c1C(=O)O. The molecule has 0 radical (unpaired) electrons. The number of nitrogens with one attached hydrogen (secondary N) is 1. The fraction of sp³-hybridized carbons (Fsp3) is 0.360. The molecular formula is C25H25ClFN3O4. The van der Waals surface area contributed by atoms with Gasteiger partial charge in [-0.25, -0.2) is 14.2 Å². The Morgan fingerprint density at radius 2 is 2.06 bits per heavy atom. The van der Waals surface area contributed by atoms with Crippen molar-refractivity contribution in [3.05, 3.63) is 75.6 Å². The van der Waals surface area contributed by atoms with Gasteiger partial charge in [0.25, 0.3) is 5.79 Å². The Kier molecular flexibility index (Phi) is 5.73. The number of fused-ring (bicyclic) bond motifs is 1. The minimum atomic E-state index is -1.27. The average molecular weight is 486 g/mol. The highest BCUT2D eigenvalue weighted by Gasteiger charge is 2.42. The molecule has 9 heteroatoms. The molecule has 1 fully saturated rings. The van der Waals surface area contributed by atoms with Crippen LogP contribution >= 0.6 is 11.6 Å². The minimum absolute atomic E-state index is 0.141. The van der Waals surface area contributed by atoms with Crippen molar-refractivity contribution in [2.45, 2.75) is 44.9 Å². The summed E-state index contributed by atoms with van der Waals surface area (Å²) in [4.78, 5) is 20.8. The van der Waals surface area contributed by atoms with Gasteiger partial charge in [0.1, 0.15) is 17.3 Å². The third-order valence-electron chi connectivity index (χ3n) is 6.58. The molecule has 0 aliphatic carbocycles. The molecule has 0 saturated carbocycles. The summed E-state index contributed by atoms with van der Waals surface area (Å²) in [5, 5.41) is 9.54. The van der Waals surface area contributed by atoms with Crippen molar-refractivity contribution in [3.8, 4) is 11.5 Å². The zero-order valence-corrected chi connectivity index (χ0v) is 19.7. The van der Waals surface area contributed by atoms with Gasteiger partial charge in [-0.15, -0.1) is 0 Å². The van der Waals surface area contributed by atoms with E-state index < -0.39 is 17.6 Å². The van der Waals surface area contributed by atoms with Gasteiger partial charge in [-0.3, -0.25) is 4.90 Å². The predicted molar refractivity (Wildman–Crippen MR) is 124 cm³/mol. The van der Waals surface area contributed by atoms with Crippen LogP contribution in [-0.4, -0.2) is 39.0 Å². The summed E-state index contributed by atoms with van der Waals surface area (Å²) in [6.07, 6.45) is 1.80. The summed E-state index contributed by atoms with van der Waals surface area (Å²) in [6.45, 7) is 5.64. The topological polar surface area (TPSA) is 87.7 Å². The lowest BCUT2D eigenvalue weighted by molar-refractivity contribution is -0.0712. The zero-order chi connectivity index (χ0) is 24.0. The highest BCUT2D eigenvalue weighted by molar-refractivity contribution is 6.30. The Labute approximate surface area is 201 Å². The number of para-hydroxylation sites is 1. The van der Waals surface area contributed by atoms with Gasteiger partial charge in [0.05, 0.1) is 17.8 Å². The summed E-state index contributed by atoms with van der Waals surface area (Å²) < 4.78 is 27.0. The van der Waals surface area contributed by atoms with Crippen LogP contribution in [0.4, 0.5) is 4.39 Å². The van der Waals surface area contributed by atoms with Crippen molar-refractivity contribution >= 4 is 17.6 Å². The van der Waals surface area contributed by atoms with Crippen LogP contribution in [0.15, 0.2) is 36.4 Å². The second-order valence-electron chi connectivity index (χ2n) is 8.95. The van der Waals surface area contributed by atoms with Gasteiger partial charge < -0.3 is 19.6 Å². The number of hydrogen-bond acceptors (Lipinski definition) is 5. The Morgan fingerprint density at radius 3 is 2.74 bits per heavy atom.